The highest BCUT2D eigenvalue weighted by atomic mass is 35.5. The van der Waals surface area contributed by atoms with E-state index in [9.17, 15) is 0 Å². The van der Waals surface area contributed by atoms with Gasteiger partial charge in [0.25, 0.3) is 0 Å². The van der Waals surface area contributed by atoms with E-state index in [1.54, 1.807) is 0 Å². The van der Waals surface area contributed by atoms with Gasteiger partial charge in [0, 0.05) is 26.2 Å². The van der Waals surface area contributed by atoms with Gasteiger partial charge in [0.2, 0.25) is 0 Å². The molecule has 0 radical (unpaired) electrons. The van der Waals surface area contributed by atoms with E-state index in [0.717, 1.165) is 49.0 Å². The van der Waals surface area contributed by atoms with Crippen molar-refractivity contribution in [3.8, 4) is 0 Å². The van der Waals surface area contributed by atoms with Gasteiger partial charge in [0.15, 0.2) is 0 Å². The van der Waals surface area contributed by atoms with Crippen LogP contribution in [0.4, 0.5) is 0 Å². The summed E-state index contributed by atoms with van der Waals surface area (Å²) in [5, 5.41) is 8.78. The van der Waals surface area contributed by atoms with Crippen molar-refractivity contribution < 1.29 is 0 Å². The fraction of sp³-hybridized carbons (Fsp3) is 0.786. The number of rotatable bonds is 8. The van der Waals surface area contributed by atoms with Crippen LogP contribution in [0.3, 0.4) is 0 Å². The van der Waals surface area contributed by atoms with Crippen LogP contribution in [-0.4, -0.2) is 40.4 Å². The third-order valence-corrected chi connectivity index (χ3v) is 3.98. The van der Waals surface area contributed by atoms with Crippen LogP contribution in [-0.2, 0) is 20.0 Å². The summed E-state index contributed by atoms with van der Waals surface area (Å²) in [7, 11) is 1.96. The molecular formula is C14H27ClN4. The summed E-state index contributed by atoms with van der Waals surface area (Å²) in [6.45, 7) is 12.7. The second-order valence-corrected chi connectivity index (χ2v) is 5.33. The third kappa shape index (κ3) is 4.48. The Labute approximate surface area is 122 Å². The molecule has 0 aliphatic rings. The average molecular weight is 287 g/mol. The van der Waals surface area contributed by atoms with Crippen LogP contribution in [0.1, 0.15) is 39.1 Å². The van der Waals surface area contributed by atoms with E-state index in [2.05, 4.69) is 43.0 Å². The zero-order valence-corrected chi connectivity index (χ0v) is 13.6. The maximum atomic E-state index is 6.34. The molecular weight excluding hydrogens is 260 g/mol. The highest BCUT2D eigenvalue weighted by molar-refractivity contribution is 6.31. The second-order valence-electron chi connectivity index (χ2n) is 4.95. The maximum Gasteiger partial charge on any atom is 0.0863 e. The Kier molecular flexibility index (Phi) is 6.83. The zero-order valence-electron chi connectivity index (χ0n) is 12.8. The van der Waals surface area contributed by atoms with E-state index >= 15 is 0 Å². The van der Waals surface area contributed by atoms with Crippen molar-refractivity contribution >= 4 is 11.6 Å². The molecule has 0 saturated heterocycles. The normalized spacial score (nSPS) is 13.2. The van der Waals surface area contributed by atoms with E-state index in [0.29, 0.717) is 6.04 Å². The van der Waals surface area contributed by atoms with Gasteiger partial charge < -0.3 is 10.2 Å². The van der Waals surface area contributed by atoms with Crippen LogP contribution in [0.2, 0.25) is 5.02 Å². The van der Waals surface area contributed by atoms with Crippen molar-refractivity contribution in [3.05, 3.63) is 16.4 Å². The first-order chi connectivity index (χ1) is 9.03. The van der Waals surface area contributed by atoms with Gasteiger partial charge in [-0.15, -0.1) is 0 Å². The molecule has 0 fully saturated rings. The summed E-state index contributed by atoms with van der Waals surface area (Å²) in [5.74, 6) is 0. The van der Waals surface area contributed by atoms with E-state index in [-0.39, 0.29) is 0 Å². The van der Waals surface area contributed by atoms with Gasteiger partial charge >= 0.3 is 0 Å². The predicted molar refractivity (Wildman–Crippen MR) is 81.7 cm³/mol. The molecule has 4 nitrogen and oxygen atoms in total. The first-order valence-corrected chi connectivity index (χ1v) is 7.57. The number of nitrogens with zero attached hydrogens (tertiary/aromatic N) is 3. The lowest BCUT2D eigenvalue weighted by Crippen LogP contribution is -2.39. The van der Waals surface area contributed by atoms with Crippen LogP contribution in [0, 0.1) is 0 Å². The van der Waals surface area contributed by atoms with Crippen LogP contribution in [0.25, 0.3) is 0 Å². The average Bonchev–Trinajstić information content (AvgIpc) is 2.68. The van der Waals surface area contributed by atoms with Gasteiger partial charge in [0.05, 0.1) is 16.4 Å². The van der Waals surface area contributed by atoms with Crippen molar-refractivity contribution in [3.63, 3.8) is 0 Å². The Morgan fingerprint density at radius 1 is 1.32 bits per heavy atom. The molecule has 19 heavy (non-hydrogen) atoms. The van der Waals surface area contributed by atoms with E-state index in [4.69, 9.17) is 11.6 Å². The largest absolute Gasteiger partial charge is 0.307 e. The number of hydrogen-bond donors (Lipinski definition) is 1. The molecule has 0 spiro atoms. The molecule has 1 rings (SSSR count). The summed E-state index contributed by atoms with van der Waals surface area (Å²) >= 11 is 6.34. The van der Waals surface area contributed by atoms with Crippen LogP contribution >= 0.6 is 11.6 Å². The smallest absolute Gasteiger partial charge is 0.0863 e. The van der Waals surface area contributed by atoms with Crippen molar-refractivity contribution in [1.29, 1.82) is 0 Å². The van der Waals surface area contributed by atoms with Crippen LogP contribution < -0.4 is 5.32 Å². The summed E-state index contributed by atoms with van der Waals surface area (Å²) in [4.78, 5) is 2.42. The molecule has 5 heteroatoms. The van der Waals surface area contributed by atoms with Gasteiger partial charge in [-0.05, 0) is 26.4 Å². The highest BCUT2D eigenvalue weighted by Crippen LogP contribution is 2.20. The second kappa shape index (κ2) is 7.88. The Bertz CT molecular complexity index is 385. The number of likely N-dealkylation sites (N-methyl/N-ethyl adjacent to an activating group) is 1. The van der Waals surface area contributed by atoms with Crippen molar-refractivity contribution in [1.82, 2.24) is 20.0 Å². The fourth-order valence-electron chi connectivity index (χ4n) is 2.22. The number of hydrogen-bond acceptors (Lipinski definition) is 3. The molecule has 1 unspecified atom stereocenters. The minimum absolute atomic E-state index is 0.441. The maximum absolute atomic E-state index is 6.34. The van der Waals surface area contributed by atoms with Gasteiger partial charge in [-0.3, -0.25) is 4.68 Å². The zero-order chi connectivity index (χ0) is 14.4. The topological polar surface area (TPSA) is 33.1 Å². The molecule has 0 aromatic carbocycles. The first-order valence-electron chi connectivity index (χ1n) is 7.19. The summed E-state index contributed by atoms with van der Waals surface area (Å²) in [6.07, 6.45) is 0.877. The highest BCUT2D eigenvalue weighted by Gasteiger charge is 2.14. The Morgan fingerprint density at radius 3 is 2.42 bits per heavy atom. The number of aromatic nitrogens is 2. The molecule has 110 valence electrons. The molecule has 0 aliphatic carbocycles. The van der Waals surface area contributed by atoms with Gasteiger partial charge in [0.1, 0.15) is 0 Å². The van der Waals surface area contributed by atoms with E-state index < -0.39 is 0 Å². The van der Waals surface area contributed by atoms with Gasteiger partial charge in [-0.25, -0.2) is 0 Å². The van der Waals surface area contributed by atoms with Gasteiger partial charge in [-0.2, -0.15) is 5.10 Å². The lowest BCUT2D eigenvalue weighted by atomic mass is 10.2. The Morgan fingerprint density at radius 2 is 1.95 bits per heavy atom. The first kappa shape index (κ1) is 16.5. The third-order valence-electron chi connectivity index (χ3n) is 3.55. The minimum Gasteiger partial charge on any atom is -0.307 e. The van der Waals surface area contributed by atoms with Crippen molar-refractivity contribution in [2.24, 2.45) is 7.05 Å². The SMILES string of the molecule is CCc1nn(C)c(CNC(C)CN(CC)CC)c1Cl. The van der Waals surface area contributed by atoms with E-state index in [1.165, 1.54) is 0 Å². The quantitative estimate of drug-likeness (QED) is 0.797. The molecule has 0 saturated carbocycles. The molecule has 1 heterocycles. The molecule has 0 bridgehead atoms. The van der Waals surface area contributed by atoms with E-state index in [1.807, 2.05) is 11.7 Å². The van der Waals surface area contributed by atoms with Crippen molar-refractivity contribution in [2.75, 3.05) is 19.6 Å². The van der Waals surface area contributed by atoms with Gasteiger partial charge in [-0.1, -0.05) is 32.4 Å². The lowest BCUT2D eigenvalue weighted by Gasteiger charge is -2.23. The minimum atomic E-state index is 0.441. The molecule has 1 aromatic rings. The summed E-state index contributed by atoms with van der Waals surface area (Å²) < 4.78 is 1.89. The fourth-order valence-corrected chi connectivity index (χ4v) is 2.58. The number of halogens is 1. The number of nitrogens with one attached hydrogen (secondary N) is 1. The van der Waals surface area contributed by atoms with Crippen LogP contribution in [0.5, 0.6) is 0 Å². The standard InChI is InChI=1S/C14H27ClN4/c1-6-12-14(15)13(18(5)17-12)9-16-11(4)10-19(7-2)8-3/h11,16H,6-10H2,1-5H3. The van der Waals surface area contributed by atoms with Crippen molar-refractivity contribution in [2.45, 2.75) is 46.7 Å². The molecule has 0 amide bonds. The Balaban J connectivity index is 2.54. The molecule has 1 N–H and O–H groups in total. The molecule has 1 aromatic heterocycles. The summed E-state index contributed by atoms with van der Waals surface area (Å²) in [5.41, 5.74) is 2.06. The van der Waals surface area contributed by atoms with Crippen LogP contribution in [0.15, 0.2) is 0 Å². The predicted octanol–water partition coefficient (Wildman–Crippen LogP) is 2.46. The molecule has 0 aliphatic heterocycles. The summed E-state index contributed by atoms with van der Waals surface area (Å²) in [6, 6.07) is 0.441. The molecule has 1 atom stereocenters. The number of aryl methyl sites for hydroxylation is 2. The monoisotopic (exact) mass is 286 g/mol. The lowest BCUT2D eigenvalue weighted by molar-refractivity contribution is 0.270. The Hall–Kier alpha value is -0.580.